The van der Waals surface area contributed by atoms with Crippen molar-refractivity contribution in [3.63, 3.8) is 0 Å². The summed E-state index contributed by atoms with van der Waals surface area (Å²) in [5.74, 6) is 1.04. The van der Waals surface area contributed by atoms with E-state index in [1.807, 2.05) is 6.07 Å². The van der Waals surface area contributed by atoms with Crippen LogP contribution in [0.1, 0.15) is 25.0 Å². The first-order valence-corrected chi connectivity index (χ1v) is 7.34. The van der Waals surface area contributed by atoms with E-state index in [0.717, 1.165) is 18.6 Å². The van der Waals surface area contributed by atoms with Crippen molar-refractivity contribution in [3.05, 3.63) is 59.7 Å². The van der Waals surface area contributed by atoms with Crippen LogP contribution in [0.15, 0.2) is 48.5 Å². The van der Waals surface area contributed by atoms with Gasteiger partial charge in [0.05, 0.1) is 0 Å². The Morgan fingerprint density at radius 2 is 1.67 bits per heavy atom. The van der Waals surface area contributed by atoms with Crippen molar-refractivity contribution in [2.75, 3.05) is 0 Å². The van der Waals surface area contributed by atoms with E-state index in [0.29, 0.717) is 8.81 Å². The molecule has 2 rings (SSSR count). The third-order valence-corrected chi connectivity index (χ3v) is 3.91. The Kier molecular flexibility index (Phi) is 4.78. The highest BCUT2D eigenvalue weighted by atomic mass is 31.1. The van der Waals surface area contributed by atoms with E-state index in [-0.39, 0.29) is 0 Å². The second-order valence-corrected chi connectivity index (χ2v) is 5.16. The number of hydrogen-bond acceptors (Lipinski definition) is 1. The van der Waals surface area contributed by atoms with Crippen LogP contribution in [0.2, 0.25) is 0 Å². The van der Waals surface area contributed by atoms with Crippen LogP contribution in [0.25, 0.3) is 0 Å². The maximum Gasteiger partial charge on any atom is 0.126 e. The highest BCUT2D eigenvalue weighted by Crippen LogP contribution is 2.28. The first-order chi connectivity index (χ1) is 8.85. The Hall–Kier alpha value is -1.33. The molecule has 0 saturated heterocycles. The van der Waals surface area contributed by atoms with E-state index in [1.165, 1.54) is 16.4 Å². The quantitative estimate of drug-likeness (QED) is 0.733. The lowest BCUT2D eigenvalue weighted by atomic mass is 10.0. The van der Waals surface area contributed by atoms with Crippen LogP contribution in [0.4, 0.5) is 0 Å². The summed E-state index contributed by atoms with van der Waals surface area (Å²) < 4.78 is 5.98. The van der Waals surface area contributed by atoms with Crippen molar-refractivity contribution >= 4 is 14.1 Å². The van der Waals surface area contributed by atoms with Crippen LogP contribution in [-0.4, -0.2) is 0 Å². The highest BCUT2D eigenvalue weighted by molar-refractivity contribution is 7.42. The standard InChI is InChI=1S/C16H19OP/c1-3-13-9-8-12-16(15(13)4-2)17-18-14-10-6-5-7-11-14/h5-12,18H,3-4H2,1-2H3. The normalized spacial score (nSPS) is 11.0. The molecule has 0 fully saturated rings. The fraction of sp³-hybridized carbons (Fsp3) is 0.250. The van der Waals surface area contributed by atoms with E-state index in [1.54, 1.807) is 0 Å². The van der Waals surface area contributed by atoms with E-state index >= 15 is 0 Å². The van der Waals surface area contributed by atoms with Crippen molar-refractivity contribution in [3.8, 4) is 5.75 Å². The van der Waals surface area contributed by atoms with Crippen LogP contribution in [0.5, 0.6) is 5.75 Å². The minimum Gasteiger partial charge on any atom is -0.472 e. The molecule has 2 aromatic rings. The average Bonchev–Trinajstić information content (AvgIpc) is 2.45. The van der Waals surface area contributed by atoms with Gasteiger partial charge in [0.2, 0.25) is 0 Å². The molecule has 0 spiro atoms. The molecule has 1 unspecified atom stereocenters. The molecule has 0 amide bonds. The van der Waals surface area contributed by atoms with Crippen LogP contribution in [-0.2, 0) is 12.8 Å². The first kappa shape index (κ1) is 13.1. The van der Waals surface area contributed by atoms with Crippen LogP contribution in [0, 0.1) is 0 Å². The van der Waals surface area contributed by atoms with Crippen LogP contribution in [0.3, 0.4) is 0 Å². The molecule has 0 saturated carbocycles. The second kappa shape index (κ2) is 6.56. The zero-order valence-electron chi connectivity index (χ0n) is 10.9. The monoisotopic (exact) mass is 258 g/mol. The molecule has 2 heteroatoms. The molecule has 0 heterocycles. The molecule has 1 nitrogen and oxygen atoms in total. The molecule has 1 atom stereocenters. The first-order valence-electron chi connectivity index (χ1n) is 6.43. The van der Waals surface area contributed by atoms with Gasteiger partial charge in [0, 0.05) is 5.30 Å². The fourth-order valence-corrected chi connectivity index (χ4v) is 2.81. The maximum atomic E-state index is 5.98. The predicted octanol–water partition coefficient (Wildman–Crippen LogP) is 4.11. The van der Waals surface area contributed by atoms with Gasteiger partial charge in [-0.3, -0.25) is 0 Å². The molecule has 0 radical (unpaired) electrons. The third kappa shape index (κ3) is 3.11. The molecule has 0 aliphatic heterocycles. The summed E-state index contributed by atoms with van der Waals surface area (Å²) >= 11 is 0. The molecule has 0 bridgehead atoms. The number of hydrogen-bond donors (Lipinski definition) is 0. The Bertz CT molecular complexity index is 494. The van der Waals surface area contributed by atoms with Crippen LogP contribution >= 0.6 is 8.81 Å². The van der Waals surface area contributed by atoms with E-state index in [4.69, 9.17) is 4.52 Å². The summed E-state index contributed by atoms with van der Waals surface area (Å²) in [7, 11) is 0.379. The van der Waals surface area contributed by atoms with Gasteiger partial charge in [-0.05, 0) is 30.0 Å². The third-order valence-electron chi connectivity index (χ3n) is 3.02. The van der Waals surface area contributed by atoms with E-state index < -0.39 is 0 Å². The summed E-state index contributed by atoms with van der Waals surface area (Å²) in [4.78, 5) is 0. The zero-order chi connectivity index (χ0) is 12.8. The number of rotatable bonds is 5. The maximum absolute atomic E-state index is 5.98. The minimum atomic E-state index is 0.379. The number of aryl methyl sites for hydroxylation is 1. The Labute approximate surface area is 111 Å². The molecule has 0 aromatic heterocycles. The predicted molar refractivity (Wildman–Crippen MR) is 80.2 cm³/mol. The zero-order valence-corrected chi connectivity index (χ0v) is 11.9. The van der Waals surface area contributed by atoms with Gasteiger partial charge in [-0.15, -0.1) is 0 Å². The van der Waals surface area contributed by atoms with Crippen molar-refractivity contribution < 1.29 is 4.52 Å². The highest BCUT2D eigenvalue weighted by Gasteiger charge is 2.06. The molecule has 18 heavy (non-hydrogen) atoms. The van der Waals surface area contributed by atoms with Gasteiger partial charge in [-0.2, -0.15) is 0 Å². The Balaban J connectivity index is 2.14. The summed E-state index contributed by atoms with van der Waals surface area (Å²) in [5.41, 5.74) is 2.75. The van der Waals surface area contributed by atoms with Gasteiger partial charge < -0.3 is 4.52 Å². The minimum absolute atomic E-state index is 0.379. The molecule has 0 aliphatic carbocycles. The van der Waals surface area contributed by atoms with E-state index in [2.05, 4.69) is 56.3 Å². The summed E-state index contributed by atoms with van der Waals surface area (Å²) in [5, 5.41) is 1.24. The summed E-state index contributed by atoms with van der Waals surface area (Å²) in [6.07, 6.45) is 2.09. The van der Waals surface area contributed by atoms with Gasteiger partial charge in [-0.1, -0.05) is 56.3 Å². The average molecular weight is 258 g/mol. The number of benzene rings is 2. The molecule has 2 aromatic carbocycles. The van der Waals surface area contributed by atoms with Gasteiger partial charge in [0.1, 0.15) is 14.6 Å². The van der Waals surface area contributed by atoms with Crippen molar-refractivity contribution in [1.29, 1.82) is 0 Å². The SMILES string of the molecule is CCc1cccc(OPc2ccccc2)c1CC. The molecule has 94 valence electrons. The van der Waals surface area contributed by atoms with Gasteiger partial charge in [0.15, 0.2) is 0 Å². The molecular weight excluding hydrogens is 239 g/mol. The summed E-state index contributed by atoms with van der Waals surface area (Å²) in [6, 6.07) is 16.7. The van der Waals surface area contributed by atoms with Gasteiger partial charge in [0.25, 0.3) is 0 Å². The largest absolute Gasteiger partial charge is 0.472 e. The second-order valence-electron chi connectivity index (χ2n) is 4.17. The van der Waals surface area contributed by atoms with Gasteiger partial charge >= 0.3 is 0 Å². The Morgan fingerprint density at radius 1 is 0.889 bits per heavy atom. The van der Waals surface area contributed by atoms with Crippen molar-refractivity contribution in [2.45, 2.75) is 26.7 Å². The molecule has 0 N–H and O–H groups in total. The smallest absolute Gasteiger partial charge is 0.126 e. The topological polar surface area (TPSA) is 9.23 Å². The lowest BCUT2D eigenvalue weighted by Crippen LogP contribution is -1.98. The summed E-state index contributed by atoms with van der Waals surface area (Å²) in [6.45, 7) is 4.38. The Morgan fingerprint density at radius 3 is 2.33 bits per heavy atom. The van der Waals surface area contributed by atoms with Crippen molar-refractivity contribution in [2.24, 2.45) is 0 Å². The lowest BCUT2D eigenvalue weighted by Gasteiger charge is -2.13. The molecular formula is C16H19OP. The molecule has 0 aliphatic rings. The van der Waals surface area contributed by atoms with Crippen LogP contribution < -0.4 is 9.83 Å². The lowest BCUT2D eigenvalue weighted by molar-refractivity contribution is 0.625. The van der Waals surface area contributed by atoms with Crippen molar-refractivity contribution in [1.82, 2.24) is 0 Å². The van der Waals surface area contributed by atoms with Gasteiger partial charge in [-0.25, -0.2) is 0 Å². The fourth-order valence-electron chi connectivity index (χ4n) is 2.06. The van der Waals surface area contributed by atoms with E-state index in [9.17, 15) is 0 Å².